The van der Waals surface area contributed by atoms with Gasteiger partial charge < -0.3 is 20.7 Å². The first-order chi connectivity index (χ1) is 12.0. The molecule has 2 rings (SSSR count). The number of aromatic amines is 1. The molecule has 5 nitrogen and oxygen atoms in total. The SMILES string of the molecule is CCNC(=NCC(O)(CC)CC)NCCc1c[nH]c2ccc(F)cc12.I. The van der Waals surface area contributed by atoms with Crippen LogP contribution in [0.2, 0.25) is 0 Å². The molecular formula is C19H30FIN4O. The minimum absolute atomic E-state index is 0. The number of hydrogen-bond donors (Lipinski definition) is 4. The Labute approximate surface area is 171 Å². The van der Waals surface area contributed by atoms with Crippen molar-refractivity contribution >= 4 is 40.8 Å². The molecular weight excluding hydrogens is 446 g/mol. The van der Waals surface area contributed by atoms with Gasteiger partial charge in [0.25, 0.3) is 0 Å². The van der Waals surface area contributed by atoms with E-state index in [1.54, 1.807) is 12.1 Å². The lowest BCUT2D eigenvalue weighted by atomic mass is 9.98. The van der Waals surface area contributed by atoms with Crippen LogP contribution in [0, 0.1) is 5.82 Å². The van der Waals surface area contributed by atoms with E-state index < -0.39 is 5.60 Å². The zero-order chi connectivity index (χ0) is 18.3. The van der Waals surface area contributed by atoms with E-state index in [0.29, 0.717) is 31.9 Å². The highest BCUT2D eigenvalue weighted by atomic mass is 127. The lowest BCUT2D eigenvalue weighted by molar-refractivity contribution is 0.0418. The molecule has 1 aromatic heterocycles. The van der Waals surface area contributed by atoms with E-state index in [1.165, 1.54) is 6.07 Å². The number of halogens is 2. The summed E-state index contributed by atoms with van der Waals surface area (Å²) in [5, 5.41) is 17.7. The van der Waals surface area contributed by atoms with Crippen LogP contribution < -0.4 is 10.6 Å². The first-order valence-corrected chi connectivity index (χ1v) is 9.01. The molecule has 0 fully saturated rings. The monoisotopic (exact) mass is 476 g/mol. The summed E-state index contributed by atoms with van der Waals surface area (Å²) in [6, 6.07) is 4.77. The van der Waals surface area contributed by atoms with Gasteiger partial charge in [-0.05, 0) is 49.9 Å². The van der Waals surface area contributed by atoms with Gasteiger partial charge in [0.15, 0.2) is 5.96 Å². The second-order valence-corrected chi connectivity index (χ2v) is 6.31. The molecule has 7 heteroatoms. The van der Waals surface area contributed by atoms with Gasteiger partial charge in [0, 0.05) is 30.2 Å². The van der Waals surface area contributed by atoms with Crippen LogP contribution in [0.15, 0.2) is 29.4 Å². The van der Waals surface area contributed by atoms with Gasteiger partial charge in [-0.25, -0.2) is 4.39 Å². The smallest absolute Gasteiger partial charge is 0.191 e. The predicted molar refractivity (Wildman–Crippen MR) is 117 cm³/mol. The fourth-order valence-electron chi connectivity index (χ4n) is 2.71. The molecule has 26 heavy (non-hydrogen) atoms. The first-order valence-electron chi connectivity index (χ1n) is 9.01. The van der Waals surface area contributed by atoms with E-state index in [0.717, 1.165) is 29.4 Å². The van der Waals surface area contributed by atoms with E-state index in [4.69, 9.17) is 0 Å². The summed E-state index contributed by atoms with van der Waals surface area (Å²) in [4.78, 5) is 7.66. The summed E-state index contributed by atoms with van der Waals surface area (Å²) in [5.41, 5.74) is 1.25. The number of nitrogens with zero attached hydrogens (tertiary/aromatic N) is 1. The van der Waals surface area contributed by atoms with E-state index >= 15 is 0 Å². The summed E-state index contributed by atoms with van der Waals surface area (Å²) in [7, 11) is 0. The standard InChI is InChI=1S/C19H29FN4O.HI/c1-4-19(25,5-2)13-24-18(21-6-3)22-10-9-14-12-23-17-8-7-15(20)11-16(14)17;/h7-8,11-12,23,25H,4-6,9-10,13H2,1-3H3,(H2,21,22,24);1H. The van der Waals surface area contributed by atoms with Crippen molar-refractivity contribution in [3.63, 3.8) is 0 Å². The third kappa shape index (κ3) is 6.12. The van der Waals surface area contributed by atoms with Crippen molar-refractivity contribution in [1.29, 1.82) is 0 Å². The minimum Gasteiger partial charge on any atom is -0.388 e. The van der Waals surface area contributed by atoms with Crippen molar-refractivity contribution in [1.82, 2.24) is 15.6 Å². The van der Waals surface area contributed by atoms with Gasteiger partial charge in [0.2, 0.25) is 0 Å². The van der Waals surface area contributed by atoms with Gasteiger partial charge in [0.05, 0.1) is 12.1 Å². The molecule has 1 heterocycles. The molecule has 0 bridgehead atoms. The summed E-state index contributed by atoms with van der Waals surface area (Å²) in [6.45, 7) is 7.73. The Balaban J connectivity index is 0.00000338. The van der Waals surface area contributed by atoms with Crippen molar-refractivity contribution in [2.24, 2.45) is 4.99 Å². The van der Waals surface area contributed by atoms with Crippen molar-refractivity contribution in [2.45, 2.75) is 45.6 Å². The molecule has 0 amide bonds. The van der Waals surface area contributed by atoms with Gasteiger partial charge in [0.1, 0.15) is 5.82 Å². The number of aromatic nitrogens is 1. The molecule has 4 N–H and O–H groups in total. The van der Waals surface area contributed by atoms with Gasteiger partial charge in [-0.3, -0.25) is 4.99 Å². The number of aliphatic imine (C=N–C) groups is 1. The number of benzene rings is 1. The number of aliphatic hydroxyl groups is 1. The third-order valence-electron chi connectivity index (χ3n) is 4.61. The number of guanidine groups is 1. The number of fused-ring (bicyclic) bond motifs is 1. The van der Waals surface area contributed by atoms with Crippen molar-refractivity contribution in [3.05, 3.63) is 35.8 Å². The Hall–Kier alpha value is -1.35. The number of hydrogen-bond acceptors (Lipinski definition) is 2. The largest absolute Gasteiger partial charge is 0.388 e. The molecule has 0 saturated carbocycles. The molecule has 146 valence electrons. The molecule has 0 spiro atoms. The Morgan fingerprint density at radius 2 is 1.96 bits per heavy atom. The molecule has 2 aromatic rings. The maximum Gasteiger partial charge on any atom is 0.191 e. The molecule has 0 saturated heterocycles. The number of rotatable bonds is 8. The third-order valence-corrected chi connectivity index (χ3v) is 4.61. The molecule has 0 aliphatic carbocycles. The minimum atomic E-state index is -0.753. The Morgan fingerprint density at radius 1 is 1.23 bits per heavy atom. The molecule has 0 radical (unpaired) electrons. The van der Waals surface area contributed by atoms with Crippen LogP contribution in [0.25, 0.3) is 10.9 Å². The fourth-order valence-corrected chi connectivity index (χ4v) is 2.71. The first kappa shape index (κ1) is 22.7. The van der Waals surface area contributed by atoms with Crippen LogP contribution >= 0.6 is 24.0 Å². The molecule has 0 aliphatic rings. The van der Waals surface area contributed by atoms with E-state index in [-0.39, 0.29) is 29.8 Å². The Kier molecular flexibility index (Phi) is 9.35. The average Bonchev–Trinajstić information content (AvgIpc) is 3.01. The summed E-state index contributed by atoms with van der Waals surface area (Å²) >= 11 is 0. The second kappa shape index (κ2) is 10.7. The van der Waals surface area contributed by atoms with Crippen LogP contribution in [0.4, 0.5) is 4.39 Å². The highest BCUT2D eigenvalue weighted by Crippen LogP contribution is 2.19. The van der Waals surface area contributed by atoms with E-state index in [9.17, 15) is 9.50 Å². The van der Waals surface area contributed by atoms with E-state index in [1.807, 2.05) is 27.0 Å². The zero-order valence-corrected chi connectivity index (χ0v) is 18.1. The van der Waals surface area contributed by atoms with Gasteiger partial charge >= 0.3 is 0 Å². The van der Waals surface area contributed by atoms with Crippen molar-refractivity contribution in [2.75, 3.05) is 19.6 Å². The maximum atomic E-state index is 13.4. The quantitative estimate of drug-likeness (QED) is 0.268. The van der Waals surface area contributed by atoms with Crippen LogP contribution in [-0.2, 0) is 6.42 Å². The summed E-state index contributed by atoms with van der Waals surface area (Å²) in [5.74, 6) is 0.462. The van der Waals surface area contributed by atoms with Crippen LogP contribution in [0.5, 0.6) is 0 Å². The maximum absolute atomic E-state index is 13.4. The summed E-state index contributed by atoms with van der Waals surface area (Å²) < 4.78 is 13.4. The fraction of sp³-hybridized carbons (Fsp3) is 0.526. The highest BCUT2D eigenvalue weighted by Gasteiger charge is 2.21. The van der Waals surface area contributed by atoms with E-state index in [2.05, 4.69) is 20.6 Å². The average molecular weight is 476 g/mol. The Morgan fingerprint density at radius 3 is 2.62 bits per heavy atom. The van der Waals surface area contributed by atoms with Crippen LogP contribution in [-0.4, -0.2) is 41.3 Å². The van der Waals surface area contributed by atoms with Crippen LogP contribution in [0.1, 0.15) is 39.2 Å². The molecule has 0 unspecified atom stereocenters. The topological polar surface area (TPSA) is 72.4 Å². The Bertz CT molecular complexity index is 713. The summed E-state index contributed by atoms with van der Waals surface area (Å²) in [6.07, 6.45) is 4.02. The molecule has 0 aliphatic heterocycles. The van der Waals surface area contributed by atoms with Gasteiger partial charge in [-0.15, -0.1) is 24.0 Å². The lowest BCUT2D eigenvalue weighted by Crippen LogP contribution is -2.40. The van der Waals surface area contributed by atoms with Crippen molar-refractivity contribution in [3.8, 4) is 0 Å². The zero-order valence-electron chi connectivity index (χ0n) is 15.7. The molecule has 0 atom stereocenters. The molecule has 1 aromatic carbocycles. The van der Waals surface area contributed by atoms with Crippen LogP contribution in [0.3, 0.4) is 0 Å². The lowest BCUT2D eigenvalue weighted by Gasteiger charge is -2.23. The predicted octanol–water partition coefficient (Wildman–Crippen LogP) is 3.57. The van der Waals surface area contributed by atoms with Gasteiger partial charge in [-0.2, -0.15) is 0 Å². The second-order valence-electron chi connectivity index (χ2n) is 6.31. The number of H-pyrrole nitrogens is 1. The number of nitrogens with one attached hydrogen (secondary N) is 3. The van der Waals surface area contributed by atoms with Gasteiger partial charge in [-0.1, -0.05) is 13.8 Å². The van der Waals surface area contributed by atoms with Crippen molar-refractivity contribution < 1.29 is 9.50 Å². The highest BCUT2D eigenvalue weighted by molar-refractivity contribution is 14.0. The normalized spacial score (nSPS) is 12.1.